The maximum absolute atomic E-state index is 12.4. The Hall–Kier alpha value is -2.77. The van der Waals surface area contributed by atoms with Crippen molar-refractivity contribution in [3.63, 3.8) is 0 Å². The molecule has 2 rings (SSSR count). The van der Waals surface area contributed by atoms with Crippen molar-refractivity contribution in [1.29, 1.82) is 0 Å². The van der Waals surface area contributed by atoms with E-state index in [4.69, 9.17) is 4.52 Å². The number of non-ortho nitro benzene ring substituents is 1. The van der Waals surface area contributed by atoms with Crippen LogP contribution in [0.1, 0.15) is 62.9 Å². The SMILES string of the molecule is CC(C)c1noc(CCCC(=O)N(C)C(C)c2cccc([N+](=O)[O-])c2)n1. The van der Waals surface area contributed by atoms with Gasteiger partial charge in [0.25, 0.3) is 5.69 Å². The molecule has 0 N–H and O–H groups in total. The van der Waals surface area contributed by atoms with Gasteiger partial charge in [0.05, 0.1) is 11.0 Å². The normalized spacial score (nSPS) is 12.2. The van der Waals surface area contributed by atoms with Crippen LogP contribution in [0.5, 0.6) is 0 Å². The van der Waals surface area contributed by atoms with E-state index >= 15 is 0 Å². The van der Waals surface area contributed by atoms with Gasteiger partial charge in [-0.05, 0) is 18.9 Å². The Labute approximate surface area is 152 Å². The van der Waals surface area contributed by atoms with Gasteiger partial charge in [0.15, 0.2) is 5.82 Å². The molecule has 1 aromatic carbocycles. The number of carbonyl (C=O) groups is 1. The van der Waals surface area contributed by atoms with Gasteiger partial charge in [-0.15, -0.1) is 0 Å². The zero-order chi connectivity index (χ0) is 19.3. The van der Waals surface area contributed by atoms with Crippen LogP contribution in [0.4, 0.5) is 5.69 Å². The van der Waals surface area contributed by atoms with Crippen molar-refractivity contribution in [2.45, 2.75) is 52.0 Å². The van der Waals surface area contributed by atoms with E-state index in [1.165, 1.54) is 12.1 Å². The maximum atomic E-state index is 12.4. The molecular weight excluding hydrogens is 336 g/mol. The number of nitro benzene ring substituents is 1. The fourth-order valence-corrected chi connectivity index (χ4v) is 2.51. The molecule has 1 amide bonds. The Balaban J connectivity index is 1.89. The number of hydrogen-bond donors (Lipinski definition) is 0. The van der Waals surface area contributed by atoms with Crippen molar-refractivity contribution in [2.24, 2.45) is 0 Å². The highest BCUT2D eigenvalue weighted by molar-refractivity contribution is 5.76. The molecule has 0 aliphatic carbocycles. The monoisotopic (exact) mass is 360 g/mol. The van der Waals surface area contributed by atoms with Crippen molar-refractivity contribution in [2.75, 3.05) is 7.05 Å². The molecule has 2 aromatic rings. The lowest BCUT2D eigenvalue weighted by Gasteiger charge is -2.25. The first-order valence-electron chi connectivity index (χ1n) is 8.62. The summed E-state index contributed by atoms with van der Waals surface area (Å²) < 4.78 is 5.17. The summed E-state index contributed by atoms with van der Waals surface area (Å²) in [4.78, 5) is 28.8. The third kappa shape index (κ3) is 4.87. The van der Waals surface area contributed by atoms with Gasteiger partial charge in [0.2, 0.25) is 11.8 Å². The fraction of sp³-hybridized carbons (Fsp3) is 0.500. The molecule has 0 aliphatic heterocycles. The summed E-state index contributed by atoms with van der Waals surface area (Å²) in [5, 5.41) is 14.8. The molecule has 140 valence electrons. The molecule has 8 heteroatoms. The number of amides is 1. The summed E-state index contributed by atoms with van der Waals surface area (Å²) in [5.41, 5.74) is 0.751. The van der Waals surface area contributed by atoms with Crippen LogP contribution in [0.2, 0.25) is 0 Å². The van der Waals surface area contributed by atoms with Crippen LogP contribution in [0, 0.1) is 10.1 Å². The lowest BCUT2D eigenvalue weighted by Crippen LogP contribution is -2.29. The topological polar surface area (TPSA) is 102 Å². The highest BCUT2D eigenvalue weighted by atomic mass is 16.6. The molecule has 0 spiro atoms. The second-order valence-corrected chi connectivity index (χ2v) is 6.59. The molecular formula is C18H24N4O4. The Morgan fingerprint density at radius 3 is 2.69 bits per heavy atom. The number of carbonyl (C=O) groups excluding carboxylic acids is 1. The predicted octanol–water partition coefficient (Wildman–Crippen LogP) is 3.64. The number of nitro groups is 1. The van der Waals surface area contributed by atoms with Crippen molar-refractivity contribution in [3.8, 4) is 0 Å². The Bertz CT molecular complexity index is 772. The average molecular weight is 360 g/mol. The van der Waals surface area contributed by atoms with E-state index in [2.05, 4.69) is 10.1 Å². The molecule has 0 radical (unpaired) electrons. The van der Waals surface area contributed by atoms with E-state index < -0.39 is 4.92 Å². The van der Waals surface area contributed by atoms with E-state index in [1.807, 2.05) is 20.8 Å². The highest BCUT2D eigenvalue weighted by Gasteiger charge is 2.19. The zero-order valence-electron chi connectivity index (χ0n) is 15.5. The van der Waals surface area contributed by atoms with E-state index in [-0.39, 0.29) is 23.6 Å². The molecule has 0 fully saturated rings. The first-order chi connectivity index (χ1) is 12.3. The van der Waals surface area contributed by atoms with Gasteiger partial charge in [-0.1, -0.05) is 31.1 Å². The molecule has 0 aliphatic rings. The van der Waals surface area contributed by atoms with Gasteiger partial charge in [0, 0.05) is 37.9 Å². The number of aromatic nitrogens is 2. The minimum absolute atomic E-state index is 0.0209. The Morgan fingerprint density at radius 1 is 1.35 bits per heavy atom. The quantitative estimate of drug-likeness (QED) is 0.526. The lowest BCUT2D eigenvalue weighted by atomic mass is 10.1. The molecule has 0 bridgehead atoms. The van der Waals surface area contributed by atoms with Gasteiger partial charge in [-0.2, -0.15) is 4.98 Å². The average Bonchev–Trinajstić information content (AvgIpc) is 3.09. The molecule has 1 unspecified atom stereocenters. The standard InChI is InChI=1S/C18H24N4O4/c1-12(2)18-19-16(26-20-18)9-6-10-17(23)21(4)13(3)14-7-5-8-15(11-14)22(24)25/h5,7-8,11-13H,6,9-10H2,1-4H3. The molecule has 1 heterocycles. The molecule has 26 heavy (non-hydrogen) atoms. The lowest BCUT2D eigenvalue weighted by molar-refractivity contribution is -0.384. The summed E-state index contributed by atoms with van der Waals surface area (Å²) in [6.07, 6.45) is 1.49. The van der Waals surface area contributed by atoms with Crippen LogP contribution in [-0.4, -0.2) is 32.9 Å². The van der Waals surface area contributed by atoms with E-state index in [1.54, 1.807) is 24.1 Å². The summed E-state index contributed by atoms with van der Waals surface area (Å²) in [7, 11) is 1.70. The highest BCUT2D eigenvalue weighted by Crippen LogP contribution is 2.23. The first-order valence-corrected chi connectivity index (χ1v) is 8.62. The minimum Gasteiger partial charge on any atom is -0.339 e. The van der Waals surface area contributed by atoms with Crippen molar-refractivity contribution in [3.05, 3.63) is 51.7 Å². The molecule has 0 saturated heterocycles. The van der Waals surface area contributed by atoms with E-state index in [0.29, 0.717) is 31.0 Å². The van der Waals surface area contributed by atoms with E-state index in [9.17, 15) is 14.9 Å². The predicted molar refractivity (Wildman–Crippen MR) is 95.6 cm³/mol. The number of rotatable bonds is 8. The summed E-state index contributed by atoms with van der Waals surface area (Å²) in [5.74, 6) is 1.38. The number of benzene rings is 1. The molecule has 1 atom stereocenters. The maximum Gasteiger partial charge on any atom is 0.269 e. The minimum atomic E-state index is -0.437. The van der Waals surface area contributed by atoms with Crippen LogP contribution >= 0.6 is 0 Å². The smallest absolute Gasteiger partial charge is 0.269 e. The molecule has 8 nitrogen and oxygen atoms in total. The second-order valence-electron chi connectivity index (χ2n) is 6.59. The van der Waals surface area contributed by atoms with Crippen LogP contribution in [0.25, 0.3) is 0 Å². The first kappa shape index (κ1) is 19.6. The van der Waals surface area contributed by atoms with Crippen LogP contribution in [-0.2, 0) is 11.2 Å². The van der Waals surface area contributed by atoms with E-state index in [0.717, 1.165) is 5.56 Å². The number of nitrogens with zero attached hydrogens (tertiary/aromatic N) is 4. The van der Waals surface area contributed by atoms with Gasteiger partial charge < -0.3 is 9.42 Å². The third-order valence-electron chi connectivity index (χ3n) is 4.32. The van der Waals surface area contributed by atoms with Crippen LogP contribution < -0.4 is 0 Å². The zero-order valence-corrected chi connectivity index (χ0v) is 15.5. The summed E-state index contributed by atoms with van der Waals surface area (Å²) in [6, 6.07) is 6.10. The molecule has 0 saturated carbocycles. The van der Waals surface area contributed by atoms with Gasteiger partial charge in [0.1, 0.15) is 0 Å². The van der Waals surface area contributed by atoms with Gasteiger partial charge in [-0.3, -0.25) is 14.9 Å². The van der Waals surface area contributed by atoms with Crippen molar-refractivity contribution < 1.29 is 14.2 Å². The molecule has 1 aromatic heterocycles. The Kier molecular flexibility index (Phi) is 6.43. The third-order valence-corrected chi connectivity index (χ3v) is 4.32. The number of aryl methyl sites for hydroxylation is 1. The Morgan fingerprint density at radius 2 is 2.08 bits per heavy atom. The summed E-state index contributed by atoms with van der Waals surface area (Å²) in [6.45, 7) is 5.83. The second kappa shape index (κ2) is 8.55. The van der Waals surface area contributed by atoms with Crippen molar-refractivity contribution >= 4 is 11.6 Å². The largest absolute Gasteiger partial charge is 0.339 e. The summed E-state index contributed by atoms with van der Waals surface area (Å²) >= 11 is 0. The van der Waals surface area contributed by atoms with Gasteiger partial charge >= 0.3 is 0 Å². The van der Waals surface area contributed by atoms with Crippen LogP contribution in [0.3, 0.4) is 0 Å². The van der Waals surface area contributed by atoms with Crippen molar-refractivity contribution in [1.82, 2.24) is 15.0 Å². The van der Waals surface area contributed by atoms with Gasteiger partial charge in [-0.25, -0.2) is 0 Å². The van der Waals surface area contributed by atoms with Crippen LogP contribution in [0.15, 0.2) is 28.8 Å². The fourth-order valence-electron chi connectivity index (χ4n) is 2.51. The number of hydrogen-bond acceptors (Lipinski definition) is 6.